The molecule has 3 nitrogen and oxygen atoms in total. The Morgan fingerprint density at radius 3 is 2.74 bits per heavy atom. The largest absolute Gasteiger partial charge is 0.394 e. The van der Waals surface area contributed by atoms with E-state index in [0.29, 0.717) is 0 Å². The van der Waals surface area contributed by atoms with Crippen molar-refractivity contribution < 1.29 is 5.11 Å². The molecule has 0 amide bonds. The first-order valence-electron chi connectivity index (χ1n) is 7.35. The highest BCUT2D eigenvalue weighted by molar-refractivity contribution is 5.24. The summed E-state index contributed by atoms with van der Waals surface area (Å²) < 4.78 is 0. The second-order valence-corrected chi connectivity index (χ2v) is 5.83. The monoisotopic (exact) mass is 262 g/mol. The van der Waals surface area contributed by atoms with Crippen molar-refractivity contribution in [2.24, 2.45) is 11.7 Å². The lowest BCUT2D eigenvalue weighted by atomic mass is 9.89. The van der Waals surface area contributed by atoms with Crippen molar-refractivity contribution in [3.8, 4) is 0 Å². The molecule has 0 bridgehead atoms. The Bertz CT molecular complexity index is 382. The average molecular weight is 262 g/mol. The summed E-state index contributed by atoms with van der Waals surface area (Å²) in [5, 5.41) is 9.74. The predicted octanol–water partition coefficient (Wildman–Crippen LogP) is 1.95. The minimum absolute atomic E-state index is 0.00962. The molecular formula is C16H26N2O. The standard InChI is InChI=1S/C16H26N2O/c1-2-14-7-6-10-18(11-14)12-16(17,13-19)15-8-4-3-5-9-15/h3-5,8-9,14,19H,2,6-7,10-13,17H2,1H3. The molecule has 1 aliphatic rings. The number of aliphatic hydroxyl groups is 1. The van der Waals surface area contributed by atoms with Crippen LogP contribution in [0.2, 0.25) is 0 Å². The van der Waals surface area contributed by atoms with Gasteiger partial charge in [-0.1, -0.05) is 43.7 Å². The third kappa shape index (κ3) is 3.56. The number of benzene rings is 1. The van der Waals surface area contributed by atoms with E-state index in [2.05, 4.69) is 11.8 Å². The van der Waals surface area contributed by atoms with Crippen molar-refractivity contribution in [3.05, 3.63) is 35.9 Å². The predicted molar refractivity (Wildman–Crippen MR) is 78.8 cm³/mol. The van der Waals surface area contributed by atoms with Gasteiger partial charge in [0.05, 0.1) is 12.1 Å². The minimum Gasteiger partial charge on any atom is -0.394 e. The summed E-state index contributed by atoms with van der Waals surface area (Å²) in [7, 11) is 0. The van der Waals surface area contributed by atoms with Gasteiger partial charge in [-0.2, -0.15) is 0 Å². The van der Waals surface area contributed by atoms with Gasteiger partial charge in [-0.25, -0.2) is 0 Å². The van der Waals surface area contributed by atoms with Crippen molar-refractivity contribution in [1.82, 2.24) is 4.90 Å². The molecule has 1 saturated heterocycles. The highest BCUT2D eigenvalue weighted by Gasteiger charge is 2.31. The Morgan fingerprint density at radius 1 is 1.37 bits per heavy atom. The minimum atomic E-state index is -0.642. The van der Waals surface area contributed by atoms with Crippen LogP contribution in [0.1, 0.15) is 31.7 Å². The number of hydrogen-bond acceptors (Lipinski definition) is 3. The molecule has 0 spiro atoms. The van der Waals surface area contributed by atoms with Crippen LogP contribution in [0.4, 0.5) is 0 Å². The molecule has 0 saturated carbocycles. The SMILES string of the molecule is CCC1CCCN(CC(N)(CO)c2ccccc2)C1. The second kappa shape index (κ2) is 6.51. The molecule has 2 unspecified atom stereocenters. The second-order valence-electron chi connectivity index (χ2n) is 5.83. The summed E-state index contributed by atoms with van der Waals surface area (Å²) in [4.78, 5) is 2.42. The first-order chi connectivity index (χ1) is 9.18. The van der Waals surface area contributed by atoms with E-state index in [-0.39, 0.29) is 6.61 Å². The Labute approximate surface area is 116 Å². The summed E-state index contributed by atoms with van der Waals surface area (Å²) in [6.07, 6.45) is 3.81. The van der Waals surface area contributed by atoms with Gasteiger partial charge < -0.3 is 15.7 Å². The molecule has 2 atom stereocenters. The summed E-state index contributed by atoms with van der Waals surface area (Å²) in [6.45, 7) is 5.20. The number of rotatable bonds is 5. The van der Waals surface area contributed by atoms with E-state index in [1.54, 1.807) is 0 Å². The average Bonchev–Trinajstić information content (AvgIpc) is 2.48. The lowest BCUT2D eigenvalue weighted by Crippen LogP contribution is -2.52. The summed E-state index contributed by atoms with van der Waals surface area (Å²) in [6, 6.07) is 9.97. The molecule has 3 N–H and O–H groups in total. The van der Waals surface area contributed by atoms with Gasteiger partial charge in [-0.15, -0.1) is 0 Å². The zero-order valence-corrected chi connectivity index (χ0v) is 11.9. The number of nitrogens with zero attached hydrogens (tertiary/aromatic N) is 1. The smallest absolute Gasteiger partial charge is 0.0772 e. The first-order valence-corrected chi connectivity index (χ1v) is 7.35. The molecule has 1 fully saturated rings. The third-order valence-corrected chi connectivity index (χ3v) is 4.32. The van der Waals surface area contributed by atoms with Crippen molar-refractivity contribution in [3.63, 3.8) is 0 Å². The third-order valence-electron chi connectivity index (χ3n) is 4.32. The fraction of sp³-hybridized carbons (Fsp3) is 0.625. The Balaban J connectivity index is 2.06. The van der Waals surface area contributed by atoms with Crippen LogP contribution in [0.3, 0.4) is 0 Å². The normalized spacial score (nSPS) is 24.1. The van der Waals surface area contributed by atoms with E-state index in [9.17, 15) is 5.11 Å². The molecule has 1 aromatic rings. The molecule has 1 aliphatic heterocycles. The molecule has 1 heterocycles. The van der Waals surface area contributed by atoms with Gasteiger partial charge in [0.15, 0.2) is 0 Å². The van der Waals surface area contributed by atoms with Gasteiger partial charge in [0, 0.05) is 13.1 Å². The lowest BCUT2D eigenvalue weighted by molar-refractivity contribution is 0.101. The van der Waals surface area contributed by atoms with E-state index in [1.165, 1.54) is 19.3 Å². The zero-order valence-electron chi connectivity index (χ0n) is 11.9. The van der Waals surface area contributed by atoms with Crippen molar-refractivity contribution in [2.45, 2.75) is 31.7 Å². The Morgan fingerprint density at radius 2 is 2.11 bits per heavy atom. The maximum Gasteiger partial charge on any atom is 0.0772 e. The zero-order chi connectivity index (χ0) is 13.7. The van der Waals surface area contributed by atoms with E-state index < -0.39 is 5.54 Å². The lowest BCUT2D eigenvalue weighted by Gasteiger charge is -2.38. The summed E-state index contributed by atoms with van der Waals surface area (Å²) in [5.74, 6) is 0.785. The van der Waals surface area contributed by atoms with Crippen molar-refractivity contribution in [1.29, 1.82) is 0 Å². The van der Waals surface area contributed by atoms with Crippen LogP contribution >= 0.6 is 0 Å². The molecule has 3 heteroatoms. The van der Waals surface area contributed by atoms with Crippen LogP contribution in [0.25, 0.3) is 0 Å². The molecule has 2 rings (SSSR count). The number of nitrogens with two attached hydrogens (primary N) is 1. The van der Waals surface area contributed by atoms with E-state index in [0.717, 1.165) is 31.1 Å². The van der Waals surface area contributed by atoms with E-state index in [4.69, 9.17) is 5.73 Å². The highest BCUT2D eigenvalue weighted by atomic mass is 16.3. The first kappa shape index (κ1) is 14.5. The Hall–Kier alpha value is -0.900. The van der Waals surface area contributed by atoms with Crippen LogP contribution in [-0.4, -0.2) is 36.2 Å². The van der Waals surface area contributed by atoms with Gasteiger partial charge >= 0.3 is 0 Å². The summed E-state index contributed by atoms with van der Waals surface area (Å²) in [5.41, 5.74) is 6.83. The van der Waals surface area contributed by atoms with Gasteiger partial charge in [-0.05, 0) is 30.9 Å². The molecule has 0 aliphatic carbocycles. The van der Waals surface area contributed by atoms with Crippen molar-refractivity contribution in [2.75, 3.05) is 26.2 Å². The number of piperidine rings is 1. The maximum atomic E-state index is 9.74. The number of likely N-dealkylation sites (tertiary alicyclic amines) is 1. The van der Waals surface area contributed by atoms with Crippen LogP contribution in [0, 0.1) is 5.92 Å². The van der Waals surface area contributed by atoms with Gasteiger partial charge in [0.25, 0.3) is 0 Å². The fourth-order valence-corrected chi connectivity index (χ4v) is 3.03. The van der Waals surface area contributed by atoms with Crippen LogP contribution < -0.4 is 5.73 Å². The van der Waals surface area contributed by atoms with Crippen molar-refractivity contribution >= 4 is 0 Å². The van der Waals surface area contributed by atoms with Crippen LogP contribution in [0.5, 0.6) is 0 Å². The topological polar surface area (TPSA) is 49.5 Å². The number of aliphatic hydroxyl groups excluding tert-OH is 1. The van der Waals surface area contributed by atoms with Crippen LogP contribution in [0.15, 0.2) is 30.3 Å². The molecule has 106 valence electrons. The van der Waals surface area contributed by atoms with Crippen LogP contribution in [-0.2, 0) is 5.54 Å². The molecule has 0 radical (unpaired) electrons. The van der Waals surface area contributed by atoms with Gasteiger partial charge in [-0.3, -0.25) is 0 Å². The van der Waals surface area contributed by atoms with Gasteiger partial charge in [0.2, 0.25) is 0 Å². The van der Waals surface area contributed by atoms with Gasteiger partial charge in [0.1, 0.15) is 0 Å². The fourth-order valence-electron chi connectivity index (χ4n) is 3.03. The van der Waals surface area contributed by atoms with E-state index >= 15 is 0 Å². The molecule has 0 aromatic heterocycles. The van der Waals surface area contributed by atoms with E-state index in [1.807, 2.05) is 30.3 Å². The number of hydrogen-bond donors (Lipinski definition) is 2. The molecular weight excluding hydrogens is 236 g/mol. The Kier molecular flexibility index (Phi) is 4.97. The maximum absolute atomic E-state index is 9.74. The quantitative estimate of drug-likeness (QED) is 0.853. The summed E-state index contributed by atoms with van der Waals surface area (Å²) >= 11 is 0. The highest BCUT2D eigenvalue weighted by Crippen LogP contribution is 2.24. The molecule has 19 heavy (non-hydrogen) atoms. The molecule has 1 aromatic carbocycles.